The van der Waals surface area contributed by atoms with Crippen molar-refractivity contribution in [3.8, 4) is 17.6 Å². The van der Waals surface area contributed by atoms with Crippen LogP contribution in [0.25, 0.3) is 6.08 Å². The third-order valence-corrected chi connectivity index (χ3v) is 6.00. The molecule has 0 aromatic heterocycles. The highest BCUT2D eigenvalue weighted by molar-refractivity contribution is 8.26. The highest BCUT2D eigenvalue weighted by atomic mass is 35.5. The monoisotopic (exact) mass is 508 g/mol. The summed E-state index contributed by atoms with van der Waals surface area (Å²) in [6, 6.07) is 10.8. The zero-order valence-corrected chi connectivity index (χ0v) is 19.5. The highest BCUT2D eigenvalue weighted by Crippen LogP contribution is 2.34. The molecule has 1 saturated heterocycles. The molecule has 8 nitrogen and oxygen atoms in total. The molecule has 0 saturated carbocycles. The van der Waals surface area contributed by atoms with E-state index in [-0.39, 0.29) is 16.0 Å². The van der Waals surface area contributed by atoms with Crippen molar-refractivity contribution < 1.29 is 19.1 Å². The first-order valence-corrected chi connectivity index (χ1v) is 10.8. The predicted octanol–water partition coefficient (Wildman–Crippen LogP) is 4.84. The first kappa shape index (κ1) is 23.7. The van der Waals surface area contributed by atoms with Gasteiger partial charge < -0.3 is 14.8 Å². The number of urea groups is 1. The van der Waals surface area contributed by atoms with Gasteiger partial charge in [0.2, 0.25) is 0 Å². The number of amides is 3. The van der Waals surface area contributed by atoms with Crippen LogP contribution in [-0.4, -0.2) is 35.0 Å². The minimum Gasteiger partial charge on any atom is -0.493 e. The van der Waals surface area contributed by atoms with Crippen molar-refractivity contribution in [3.63, 3.8) is 0 Å². The van der Waals surface area contributed by atoms with Crippen LogP contribution in [0.4, 0.5) is 10.5 Å². The first-order chi connectivity index (χ1) is 15.3. The van der Waals surface area contributed by atoms with E-state index in [1.807, 2.05) is 6.07 Å². The zero-order valence-electron chi connectivity index (χ0n) is 16.3. The molecule has 2 N–H and O–H groups in total. The Morgan fingerprint density at radius 3 is 2.72 bits per heavy atom. The van der Waals surface area contributed by atoms with Gasteiger partial charge in [0.15, 0.2) is 22.4 Å². The van der Waals surface area contributed by atoms with Crippen LogP contribution >= 0.6 is 47.2 Å². The number of hydrogen-bond donors (Lipinski definition) is 2. The van der Waals surface area contributed by atoms with Gasteiger partial charge in [-0.15, -0.1) is 0 Å². The molecule has 1 aliphatic rings. The van der Waals surface area contributed by atoms with Crippen molar-refractivity contribution in [2.45, 2.75) is 0 Å². The largest absolute Gasteiger partial charge is 0.493 e. The summed E-state index contributed by atoms with van der Waals surface area (Å²) >= 11 is 18.0. The Hall–Kier alpha value is -2.97. The van der Waals surface area contributed by atoms with E-state index in [0.717, 1.165) is 16.8 Å². The Morgan fingerprint density at radius 1 is 1.25 bits per heavy atom. The van der Waals surface area contributed by atoms with Crippen LogP contribution in [0.2, 0.25) is 10.0 Å². The summed E-state index contributed by atoms with van der Waals surface area (Å²) in [5.74, 6) is 0.316. The summed E-state index contributed by atoms with van der Waals surface area (Å²) < 4.78 is 10.7. The van der Waals surface area contributed by atoms with E-state index in [9.17, 15) is 9.59 Å². The summed E-state index contributed by atoms with van der Waals surface area (Å²) in [5, 5.41) is 12.8. The number of hydrogen-bond acceptors (Lipinski definition) is 7. The number of nitriles is 1. The minimum absolute atomic E-state index is 0.121. The average molecular weight is 509 g/mol. The molecule has 32 heavy (non-hydrogen) atoms. The number of ether oxygens (including phenoxy) is 2. The van der Waals surface area contributed by atoms with E-state index in [4.69, 9.17) is 50.2 Å². The van der Waals surface area contributed by atoms with Crippen LogP contribution in [0.15, 0.2) is 41.3 Å². The molecule has 0 radical (unpaired) electrons. The van der Waals surface area contributed by atoms with Crippen molar-refractivity contribution >= 4 is 75.2 Å². The highest BCUT2D eigenvalue weighted by Gasteiger charge is 2.33. The van der Waals surface area contributed by atoms with Gasteiger partial charge in [0.1, 0.15) is 6.07 Å². The van der Waals surface area contributed by atoms with Crippen molar-refractivity contribution in [2.75, 3.05) is 19.0 Å². The number of carbonyl (C=O) groups is 2. The second kappa shape index (κ2) is 10.6. The number of benzene rings is 2. The molecule has 1 aliphatic heterocycles. The van der Waals surface area contributed by atoms with E-state index in [1.165, 1.54) is 19.2 Å². The van der Waals surface area contributed by atoms with E-state index in [0.29, 0.717) is 32.7 Å². The van der Waals surface area contributed by atoms with Crippen LogP contribution in [0, 0.1) is 11.3 Å². The fourth-order valence-electron chi connectivity index (χ4n) is 2.55. The number of carbonyl (C=O) groups excluding carboxylic acids is 2. The van der Waals surface area contributed by atoms with Crippen LogP contribution in [0.5, 0.6) is 11.5 Å². The van der Waals surface area contributed by atoms with Crippen molar-refractivity contribution in [3.05, 3.63) is 56.9 Å². The van der Waals surface area contributed by atoms with Gasteiger partial charge in [0.25, 0.3) is 5.91 Å². The number of hydrazine groups is 1. The number of halogens is 2. The SMILES string of the molecule is COc1cc(/C=C2\SC(=S)N(NC(=O)Nc3ccc(Cl)c(Cl)c3)C2=O)ccc1OCC#N. The van der Waals surface area contributed by atoms with Crippen LogP contribution in [0.1, 0.15) is 5.56 Å². The molecule has 12 heteroatoms. The average Bonchev–Trinajstić information content (AvgIpc) is 3.02. The maximum absolute atomic E-state index is 12.7. The second-order valence-electron chi connectivity index (χ2n) is 6.07. The van der Waals surface area contributed by atoms with Gasteiger partial charge in [0.05, 0.1) is 22.1 Å². The molecule has 3 amide bonds. The first-order valence-electron chi connectivity index (χ1n) is 8.81. The van der Waals surface area contributed by atoms with E-state index in [2.05, 4.69) is 10.7 Å². The van der Waals surface area contributed by atoms with Crippen molar-refractivity contribution in [1.29, 1.82) is 5.26 Å². The summed E-state index contributed by atoms with van der Waals surface area (Å²) in [4.78, 5) is 25.3. The van der Waals surface area contributed by atoms with Gasteiger partial charge in [-0.3, -0.25) is 4.79 Å². The lowest BCUT2D eigenvalue weighted by Gasteiger charge is -2.16. The Bertz CT molecular complexity index is 1170. The molecular weight excluding hydrogens is 495 g/mol. The number of thioether (sulfide) groups is 1. The lowest BCUT2D eigenvalue weighted by molar-refractivity contribution is -0.123. The molecule has 1 fully saturated rings. The zero-order chi connectivity index (χ0) is 23.3. The third kappa shape index (κ3) is 5.63. The van der Waals surface area contributed by atoms with Crippen molar-refractivity contribution in [1.82, 2.24) is 10.4 Å². The Labute approximate surface area is 203 Å². The van der Waals surface area contributed by atoms with Crippen LogP contribution in [-0.2, 0) is 4.79 Å². The van der Waals surface area contributed by atoms with Crippen molar-refractivity contribution in [2.24, 2.45) is 0 Å². The molecule has 164 valence electrons. The topological polar surface area (TPSA) is 104 Å². The van der Waals surface area contributed by atoms with Crippen LogP contribution < -0.4 is 20.2 Å². The van der Waals surface area contributed by atoms with E-state index in [1.54, 1.807) is 30.3 Å². The summed E-state index contributed by atoms with van der Waals surface area (Å²) in [6.07, 6.45) is 1.61. The maximum Gasteiger partial charge on any atom is 0.338 e. The summed E-state index contributed by atoms with van der Waals surface area (Å²) in [7, 11) is 1.47. The van der Waals surface area contributed by atoms with Gasteiger partial charge in [-0.1, -0.05) is 41.0 Å². The molecule has 2 aromatic rings. The van der Waals surface area contributed by atoms with E-state index >= 15 is 0 Å². The molecule has 0 bridgehead atoms. The Kier molecular flexibility index (Phi) is 7.82. The Balaban J connectivity index is 1.71. The van der Waals surface area contributed by atoms with E-state index < -0.39 is 11.9 Å². The standard InChI is InChI=1S/C20H14Cl2N4O4S2/c1-29-16-8-11(2-5-15(16)30-7-6-23)9-17-18(27)26(20(31)32-17)25-19(28)24-12-3-4-13(21)14(22)10-12/h2-5,8-10H,7H2,1H3,(H2,24,25,28)/b17-9-. The molecule has 0 unspecified atom stereocenters. The lowest BCUT2D eigenvalue weighted by Crippen LogP contribution is -2.46. The molecule has 2 aromatic carbocycles. The normalized spacial score (nSPS) is 14.3. The second-order valence-corrected chi connectivity index (χ2v) is 8.56. The molecule has 0 aliphatic carbocycles. The summed E-state index contributed by atoms with van der Waals surface area (Å²) in [6.45, 7) is -0.121. The predicted molar refractivity (Wildman–Crippen MR) is 128 cm³/mol. The molecule has 3 rings (SSSR count). The van der Waals surface area contributed by atoms with Gasteiger partial charge in [0, 0.05) is 5.69 Å². The number of nitrogens with zero attached hydrogens (tertiary/aromatic N) is 2. The van der Waals surface area contributed by atoms with Gasteiger partial charge >= 0.3 is 6.03 Å². The van der Waals surface area contributed by atoms with Crippen LogP contribution in [0.3, 0.4) is 0 Å². The number of rotatable bonds is 6. The lowest BCUT2D eigenvalue weighted by atomic mass is 10.2. The van der Waals surface area contributed by atoms with Gasteiger partial charge in [-0.05, 0) is 54.2 Å². The maximum atomic E-state index is 12.7. The minimum atomic E-state index is -0.679. The number of anilines is 1. The number of methoxy groups -OCH3 is 1. The molecule has 1 heterocycles. The molecule has 0 atom stereocenters. The van der Waals surface area contributed by atoms with Gasteiger partial charge in [-0.2, -0.15) is 10.3 Å². The fraction of sp³-hybridized carbons (Fsp3) is 0.100. The molecule has 0 spiro atoms. The third-order valence-electron chi connectivity index (χ3n) is 3.96. The number of nitrogens with one attached hydrogen (secondary N) is 2. The summed E-state index contributed by atoms with van der Waals surface area (Å²) in [5.41, 5.74) is 3.45. The number of thiocarbonyl (C=S) groups is 1. The quantitative estimate of drug-likeness (QED) is 0.424. The van der Waals surface area contributed by atoms with Gasteiger partial charge in [-0.25, -0.2) is 10.2 Å². The fourth-order valence-corrected chi connectivity index (χ4v) is 4.03. The smallest absolute Gasteiger partial charge is 0.338 e. The molecular formula is C20H14Cl2N4O4S2. The Morgan fingerprint density at radius 2 is 2.03 bits per heavy atom.